The molecule has 1 aromatic heterocycles. The second kappa shape index (κ2) is 6.24. The molecule has 0 atom stereocenters. The number of unbranched alkanes of at least 4 members (excludes halogenated alkanes) is 1. The molecule has 7 heteroatoms. The van der Waals surface area contributed by atoms with Crippen LogP contribution in [0.1, 0.15) is 12.8 Å². The van der Waals surface area contributed by atoms with Crippen LogP contribution in [0.25, 0.3) is 0 Å². The largest absolute Gasteiger partial charge is 0.337 e. The molecular weight excluding hydrogens is 282 g/mol. The summed E-state index contributed by atoms with van der Waals surface area (Å²) in [5.74, 6) is 0. The molecular formula is C8H14BrN3O2S. The number of hydrogen-bond donors (Lipinski definition) is 1. The molecule has 0 unspecified atom stereocenters. The molecule has 0 aliphatic rings. The van der Waals surface area contributed by atoms with Gasteiger partial charge in [0.15, 0.2) is 0 Å². The van der Waals surface area contributed by atoms with E-state index >= 15 is 0 Å². The van der Waals surface area contributed by atoms with Crippen LogP contribution in [0.5, 0.6) is 0 Å². The van der Waals surface area contributed by atoms with Crippen LogP contribution >= 0.6 is 15.9 Å². The molecule has 1 heterocycles. The van der Waals surface area contributed by atoms with Gasteiger partial charge in [-0.05, 0) is 12.8 Å². The standard InChI is InChI=1S/C8H14BrN3O2S/c9-7-15(13,14)11-3-1-2-5-12-6-4-10-8-12/h4,6,8,11H,1-3,5,7H2. The smallest absolute Gasteiger partial charge is 0.221 e. The number of imidazole rings is 1. The monoisotopic (exact) mass is 295 g/mol. The minimum absolute atomic E-state index is 0.0402. The van der Waals surface area contributed by atoms with Crippen LogP contribution in [0.2, 0.25) is 0 Å². The summed E-state index contributed by atoms with van der Waals surface area (Å²) in [6.45, 7) is 1.36. The average molecular weight is 296 g/mol. The van der Waals surface area contributed by atoms with Crippen molar-refractivity contribution in [2.45, 2.75) is 19.4 Å². The van der Waals surface area contributed by atoms with Crippen molar-refractivity contribution in [3.8, 4) is 0 Å². The number of halogens is 1. The Bertz CT molecular complexity index is 363. The lowest BCUT2D eigenvalue weighted by molar-refractivity contribution is 0.570. The lowest BCUT2D eigenvalue weighted by Gasteiger charge is -2.04. The van der Waals surface area contributed by atoms with Gasteiger partial charge in [0, 0.05) is 25.5 Å². The van der Waals surface area contributed by atoms with Crippen molar-refractivity contribution in [2.24, 2.45) is 0 Å². The molecule has 0 aliphatic heterocycles. The summed E-state index contributed by atoms with van der Waals surface area (Å²) in [4.78, 5) is 3.92. The quantitative estimate of drug-likeness (QED) is 0.601. The third kappa shape index (κ3) is 5.29. The van der Waals surface area contributed by atoms with E-state index in [9.17, 15) is 8.42 Å². The van der Waals surface area contributed by atoms with Crippen molar-refractivity contribution in [1.82, 2.24) is 14.3 Å². The minimum Gasteiger partial charge on any atom is -0.337 e. The number of sulfonamides is 1. The van der Waals surface area contributed by atoms with Gasteiger partial charge in [-0.25, -0.2) is 18.1 Å². The predicted molar refractivity (Wildman–Crippen MR) is 62.2 cm³/mol. The van der Waals surface area contributed by atoms with Gasteiger partial charge in [-0.15, -0.1) is 0 Å². The van der Waals surface area contributed by atoms with E-state index < -0.39 is 10.0 Å². The van der Waals surface area contributed by atoms with Crippen molar-refractivity contribution in [3.63, 3.8) is 0 Å². The van der Waals surface area contributed by atoms with E-state index in [4.69, 9.17) is 0 Å². The first-order valence-corrected chi connectivity index (χ1v) is 7.40. The summed E-state index contributed by atoms with van der Waals surface area (Å²) in [5, 5.41) is 0. The Labute approximate surface area is 98.1 Å². The highest BCUT2D eigenvalue weighted by Crippen LogP contribution is 1.96. The molecule has 0 fully saturated rings. The summed E-state index contributed by atoms with van der Waals surface area (Å²) in [5.41, 5.74) is 0. The van der Waals surface area contributed by atoms with Gasteiger partial charge >= 0.3 is 0 Å². The first-order valence-electron chi connectivity index (χ1n) is 4.63. The molecule has 0 bridgehead atoms. The Hall–Kier alpha value is -0.400. The number of rotatable bonds is 7. The maximum Gasteiger partial charge on any atom is 0.221 e. The molecule has 0 saturated heterocycles. The third-order valence-corrected chi connectivity index (χ3v) is 4.61. The molecule has 0 aromatic carbocycles. The van der Waals surface area contributed by atoms with Crippen LogP contribution in [0.4, 0.5) is 0 Å². The van der Waals surface area contributed by atoms with Crippen LogP contribution < -0.4 is 4.72 Å². The molecule has 0 spiro atoms. The van der Waals surface area contributed by atoms with E-state index in [1.807, 2.05) is 10.8 Å². The SMILES string of the molecule is O=S(=O)(CBr)NCCCCn1ccnc1. The van der Waals surface area contributed by atoms with Gasteiger partial charge in [0.2, 0.25) is 10.0 Å². The van der Waals surface area contributed by atoms with E-state index in [1.165, 1.54) is 0 Å². The lowest BCUT2D eigenvalue weighted by atomic mass is 10.3. The number of hydrogen-bond acceptors (Lipinski definition) is 3. The van der Waals surface area contributed by atoms with Crippen LogP contribution in [-0.2, 0) is 16.6 Å². The minimum atomic E-state index is -3.11. The molecule has 5 nitrogen and oxygen atoms in total. The first kappa shape index (κ1) is 12.7. The second-order valence-corrected chi connectivity index (χ2v) is 6.24. The highest BCUT2D eigenvalue weighted by Gasteiger charge is 2.05. The summed E-state index contributed by atoms with van der Waals surface area (Å²) in [6.07, 6.45) is 7.13. The van der Waals surface area contributed by atoms with Crippen LogP contribution in [0.3, 0.4) is 0 Å². The zero-order valence-corrected chi connectivity index (χ0v) is 10.7. The van der Waals surface area contributed by atoms with Crippen LogP contribution in [0, 0.1) is 0 Å². The van der Waals surface area contributed by atoms with Gasteiger partial charge in [-0.1, -0.05) is 15.9 Å². The molecule has 0 saturated carbocycles. The van der Waals surface area contributed by atoms with Crippen molar-refractivity contribution in [1.29, 1.82) is 0 Å². The maximum absolute atomic E-state index is 11.0. The Kier molecular flexibility index (Phi) is 5.27. The van der Waals surface area contributed by atoms with Crippen molar-refractivity contribution >= 4 is 26.0 Å². The number of nitrogens with one attached hydrogen (secondary N) is 1. The molecule has 86 valence electrons. The molecule has 0 amide bonds. The predicted octanol–water partition coefficient (Wildman–Crippen LogP) is 0.935. The molecule has 0 aliphatic carbocycles. The number of nitrogens with zero attached hydrogens (tertiary/aromatic N) is 2. The summed E-state index contributed by atoms with van der Waals surface area (Å²) >= 11 is 2.91. The average Bonchev–Trinajstić information content (AvgIpc) is 2.70. The Morgan fingerprint density at radius 3 is 2.80 bits per heavy atom. The van der Waals surface area contributed by atoms with Gasteiger partial charge in [0.25, 0.3) is 0 Å². The van der Waals surface area contributed by atoms with Gasteiger partial charge in [0.1, 0.15) is 4.66 Å². The van der Waals surface area contributed by atoms with E-state index in [0.29, 0.717) is 6.54 Å². The fraction of sp³-hybridized carbons (Fsp3) is 0.625. The Morgan fingerprint density at radius 1 is 1.40 bits per heavy atom. The van der Waals surface area contributed by atoms with Gasteiger partial charge in [-0.2, -0.15) is 0 Å². The van der Waals surface area contributed by atoms with E-state index in [1.54, 1.807) is 12.5 Å². The Morgan fingerprint density at radius 2 is 2.20 bits per heavy atom. The molecule has 1 rings (SSSR count). The highest BCUT2D eigenvalue weighted by atomic mass is 79.9. The Balaban J connectivity index is 2.08. The summed E-state index contributed by atoms with van der Waals surface area (Å²) < 4.78 is 26.5. The number of alkyl halides is 1. The second-order valence-electron chi connectivity index (χ2n) is 3.13. The van der Waals surface area contributed by atoms with Crippen LogP contribution in [0.15, 0.2) is 18.7 Å². The fourth-order valence-corrected chi connectivity index (χ4v) is 2.12. The lowest BCUT2D eigenvalue weighted by Crippen LogP contribution is -2.25. The topological polar surface area (TPSA) is 64.0 Å². The summed E-state index contributed by atoms with van der Waals surface area (Å²) in [7, 11) is -3.11. The molecule has 15 heavy (non-hydrogen) atoms. The molecule has 1 aromatic rings. The number of aryl methyl sites for hydroxylation is 1. The molecule has 0 radical (unpaired) electrons. The zero-order chi connectivity index (χ0) is 11.1. The first-order chi connectivity index (χ1) is 7.14. The van der Waals surface area contributed by atoms with Crippen LogP contribution in [-0.4, -0.2) is 29.2 Å². The van der Waals surface area contributed by atoms with E-state index in [0.717, 1.165) is 19.4 Å². The van der Waals surface area contributed by atoms with Crippen molar-refractivity contribution in [2.75, 3.05) is 11.2 Å². The van der Waals surface area contributed by atoms with Gasteiger partial charge in [0.05, 0.1) is 6.33 Å². The van der Waals surface area contributed by atoms with E-state index in [-0.39, 0.29) is 4.66 Å². The highest BCUT2D eigenvalue weighted by molar-refractivity contribution is 9.10. The zero-order valence-electron chi connectivity index (χ0n) is 8.26. The fourth-order valence-electron chi connectivity index (χ4n) is 1.10. The third-order valence-electron chi connectivity index (χ3n) is 1.87. The van der Waals surface area contributed by atoms with Gasteiger partial charge < -0.3 is 4.57 Å². The van der Waals surface area contributed by atoms with Crippen molar-refractivity contribution in [3.05, 3.63) is 18.7 Å². The van der Waals surface area contributed by atoms with Gasteiger partial charge in [-0.3, -0.25) is 0 Å². The van der Waals surface area contributed by atoms with Crippen molar-refractivity contribution < 1.29 is 8.42 Å². The maximum atomic E-state index is 11.0. The molecule has 1 N–H and O–H groups in total. The van der Waals surface area contributed by atoms with E-state index in [2.05, 4.69) is 25.6 Å². The summed E-state index contributed by atoms with van der Waals surface area (Å²) in [6, 6.07) is 0. The number of aromatic nitrogens is 2. The normalized spacial score (nSPS) is 11.8.